The first-order chi connectivity index (χ1) is 12.5. The smallest absolute Gasteiger partial charge is 0.224 e. The number of carbonyl (C=O) groups excluding carboxylic acids is 1. The number of rotatable bonds is 6. The summed E-state index contributed by atoms with van der Waals surface area (Å²) in [6.45, 7) is 0.172. The molecule has 1 unspecified atom stereocenters. The van der Waals surface area contributed by atoms with Crippen molar-refractivity contribution >= 4 is 11.6 Å². The van der Waals surface area contributed by atoms with Crippen LogP contribution in [0.25, 0.3) is 0 Å². The molecule has 1 aliphatic heterocycles. The summed E-state index contributed by atoms with van der Waals surface area (Å²) < 4.78 is 40.3. The highest BCUT2D eigenvalue weighted by Crippen LogP contribution is 2.15. The van der Waals surface area contributed by atoms with E-state index in [-0.39, 0.29) is 30.5 Å². The van der Waals surface area contributed by atoms with Crippen LogP contribution in [0.15, 0.2) is 47.6 Å². The van der Waals surface area contributed by atoms with Crippen LogP contribution in [0.4, 0.5) is 13.2 Å². The highest BCUT2D eigenvalue weighted by molar-refractivity contribution is 5.87. The highest BCUT2D eigenvalue weighted by atomic mass is 19.1. The third-order valence-electron chi connectivity index (χ3n) is 4.02. The summed E-state index contributed by atoms with van der Waals surface area (Å²) >= 11 is 0. The van der Waals surface area contributed by atoms with Crippen molar-refractivity contribution in [3.8, 4) is 0 Å². The number of halogens is 3. The van der Waals surface area contributed by atoms with Crippen molar-refractivity contribution < 1.29 is 22.8 Å². The average Bonchev–Trinajstić information content (AvgIpc) is 3.04. The van der Waals surface area contributed by atoms with Gasteiger partial charge in [0.15, 0.2) is 0 Å². The lowest BCUT2D eigenvalue weighted by molar-refractivity contribution is -0.121. The summed E-state index contributed by atoms with van der Waals surface area (Å²) in [5.74, 6) is -2.32. The predicted octanol–water partition coefficient (Wildman–Crippen LogP) is 3.15. The average molecular weight is 362 g/mol. The zero-order valence-electron chi connectivity index (χ0n) is 13.8. The van der Waals surface area contributed by atoms with Gasteiger partial charge in [-0.25, -0.2) is 13.2 Å². The van der Waals surface area contributed by atoms with Crippen molar-refractivity contribution in [2.24, 2.45) is 5.16 Å². The molecule has 4 nitrogen and oxygen atoms in total. The molecule has 1 amide bonds. The Balaban J connectivity index is 1.46. The lowest BCUT2D eigenvalue weighted by Crippen LogP contribution is -2.33. The second kappa shape index (κ2) is 8.03. The quantitative estimate of drug-likeness (QED) is 0.858. The number of oxime groups is 1. The maximum Gasteiger partial charge on any atom is 0.224 e. The number of benzene rings is 2. The molecule has 1 atom stereocenters. The fraction of sp³-hybridized carbons (Fsp3) is 0.263. The molecular formula is C19H17F3N2O2. The fourth-order valence-corrected chi connectivity index (χ4v) is 2.73. The van der Waals surface area contributed by atoms with Gasteiger partial charge in [-0.3, -0.25) is 4.79 Å². The molecule has 136 valence electrons. The first-order valence-electron chi connectivity index (χ1n) is 8.17. The van der Waals surface area contributed by atoms with Gasteiger partial charge < -0.3 is 10.2 Å². The molecule has 3 rings (SSSR count). The summed E-state index contributed by atoms with van der Waals surface area (Å²) in [5.41, 5.74) is 1.27. The zero-order valence-corrected chi connectivity index (χ0v) is 13.8. The van der Waals surface area contributed by atoms with Crippen LogP contribution in [0.3, 0.4) is 0 Å². The van der Waals surface area contributed by atoms with Crippen molar-refractivity contribution in [2.45, 2.75) is 25.4 Å². The van der Waals surface area contributed by atoms with E-state index in [1.54, 1.807) is 12.1 Å². The summed E-state index contributed by atoms with van der Waals surface area (Å²) in [6.07, 6.45) is 0.211. The molecule has 0 fully saturated rings. The number of hydrogen-bond acceptors (Lipinski definition) is 3. The molecule has 7 heteroatoms. The Morgan fingerprint density at radius 2 is 1.88 bits per heavy atom. The number of amides is 1. The first-order valence-corrected chi connectivity index (χ1v) is 8.17. The largest absolute Gasteiger partial charge is 0.390 e. The number of hydrogen-bond donors (Lipinski definition) is 1. The van der Waals surface area contributed by atoms with E-state index in [2.05, 4.69) is 10.5 Å². The maximum absolute atomic E-state index is 13.5. The van der Waals surface area contributed by atoms with Gasteiger partial charge in [0.2, 0.25) is 5.91 Å². The molecule has 0 radical (unpaired) electrons. The maximum atomic E-state index is 13.5. The van der Waals surface area contributed by atoms with Gasteiger partial charge >= 0.3 is 0 Å². The Morgan fingerprint density at radius 3 is 2.62 bits per heavy atom. The Bertz CT molecular complexity index is 819. The van der Waals surface area contributed by atoms with Crippen LogP contribution in [-0.2, 0) is 22.5 Å². The van der Waals surface area contributed by atoms with E-state index < -0.39 is 17.5 Å². The molecule has 0 aromatic heterocycles. The van der Waals surface area contributed by atoms with Crippen LogP contribution < -0.4 is 5.32 Å². The Labute approximate surface area is 148 Å². The van der Waals surface area contributed by atoms with E-state index in [0.29, 0.717) is 12.8 Å². The molecule has 0 saturated carbocycles. The van der Waals surface area contributed by atoms with E-state index in [4.69, 9.17) is 4.84 Å². The predicted molar refractivity (Wildman–Crippen MR) is 90.1 cm³/mol. The molecule has 0 saturated heterocycles. The standard InChI is InChI=1S/C19H17F3N2O2/c20-13-4-1-3-12(7-13)8-14-9-15(26-24-14)11-23-19(25)10-16-17(21)5-2-6-18(16)22/h1-7,15H,8-11H2,(H,23,25). The van der Waals surface area contributed by atoms with E-state index in [9.17, 15) is 18.0 Å². The normalized spacial score (nSPS) is 16.1. The third kappa shape index (κ3) is 4.62. The van der Waals surface area contributed by atoms with Gasteiger partial charge in [-0.1, -0.05) is 23.4 Å². The SMILES string of the molecule is O=C(Cc1c(F)cccc1F)NCC1CC(Cc2cccc(F)c2)=NO1. The molecular weight excluding hydrogens is 345 g/mol. The number of nitrogens with zero attached hydrogens (tertiary/aromatic N) is 1. The number of nitrogens with one attached hydrogen (secondary N) is 1. The molecule has 26 heavy (non-hydrogen) atoms. The van der Waals surface area contributed by atoms with Gasteiger partial charge in [0.25, 0.3) is 0 Å². The summed E-state index contributed by atoms with van der Waals surface area (Å²) in [6, 6.07) is 9.69. The summed E-state index contributed by atoms with van der Waals surface area (Å²) in [5, 5.41) is 6.55. The lowest BCUT2D eigenvalue weighted by atomic mass is 10.0. The Hall–Kier alpha value is -2.83. The van der Waals surface area contributed by atoms with Crippen LogP contribution >= 0.6 is 0 Å². The Kier molecular flexibility index (Phi) is 5.55. The molecule has 2 aromatic carbocycles. The molecule has 1 aliphatic rings. The van der Waals surface area contributed by atoms with Crippen LogP contribution in [-0.4, -0.2) is 24.3 Å². The molecule has 0 spiro atoms. The van der Waals surface area contributed by atoms with Gasteiger partial charge in [0.05, 0.1) is 18.7 Å². The molecule has 1 N–H and O–H groups in total. The Morgan fingerprint density at radius 1 is 1.15 bits per heavy atom. The highest BCUT2D eigenvalue weighted by Gasteiger charge is 2.22. The second-order valence-electron chi connectivity index (χ2n) is 6.08. The molecule has 0 aliphatic carbocycles. The topological polar surface area (TPSA) is 50.7 Å². The zero-order chi connectivity index (χ0) is 18.5. The number of carbonyl (C=O) groups is 1. The fourth-order valence-electron chi connectivity index (χ4n) is 2.73. The van der Waals surface area contributed by atoms with E-state index >= 15 is 0 Å². The molecule has 1 heterocycles. The first kappa shape index (κ1) is 18.0. The minimum Gasteiger partial charge on any atom is -0.390 e. The summed E-state index contributed by atoms with van der Waals surface area (Å²) in [4.78, 5) is 17.2. The van der Waals surface area contributed by atoms with Gasteiger partial charge in [-0.15, -0.1) is 0 Å². The van der Waals surface area contributed by atoms with Gasteiger partial charge in [-0.2, -0.15) is 0 Å². The monoisotopic (exact) mass is 362 g/mol. The third-order valence-corrected chi connectivity index (χ3v) is 4.02. The van der Waals surface area contributed by atoms with E-state index in [0.717, 1.165) is 23.4 Å². The van der Waals surface area contributed by atoms with Crippen LogP contribution in [0.2, 0.25) is 0 Å². The van der Waals surface area contributed by atoms with E-state index in [1.807, 2.05) is 0 Å². The van der Waals surface area contributed by atoms with Crippen molar-refractivity contribution in [2.75, 3.05) is 6.54 Å². The molecule has 2 aromatic rings. The van der Waals surface area contributed by atoms with E-state index in [1.165, 1.54) is 18.2 Å². The van der Waals surface area contributed by atoms with Gasteiger partial charge in [-0.05, 0) is 29.8 Å². The summed E-state index contributed by atoms with van der Waals surface area (Å²) in [7, 11) is 0. The van der Waals surface area contributed by atoms with Gasteiger partial charge in [0.1, 0.15) is 23.6 Å². The van der Waals surface area contributed by atoms with Gasteiger partial charge in [0, 0.05) is 18.4 Å². The van der Waals surface area contributed by atoms with Crippen LogP contribution in [0.5, 0.6) is 0 Å². The molecule has 0 bridgehead atoms. The van der Waals surface area contributed by atoms with Crippen molar-refractivity contribution in [3.63, 3.8) is 0 Å². The minimum absolute atomic E-state index is 0.172. The van der Waals surface area contributed by atoms with Crippen LogP contribution in [0, 0.1) is 17.5 Å². The lowest BCUT2D eigenvalue weighted by Gasteiger charge is -2.10. The van der Waals surface area contributed by atoms with Crippen molar-refractivity contribution in [1.29, 1.82) is 0 Å². The van der Waals surface area contributed by atoms with Crippen molar-refractivity contribution in [1.82, 2.24) is 5.32 Å². The second-order valence-corrected chi connectivity index (χ2v) is 6.08. The van der Waals surface area contributed by atoms with Crippen LogP contribution in [0.1, 0.15) is 17.5 Å². The minimum atomic E-state index is -0.752. The van der Waals surface area contributed by atoms with Crippen molar-refractivity contribution in [3.05, 3.63) is 71.0 Å².